The van der Waals surface area contributed by atoms with Crippen LogP contribution in [0.15, 0.2) is 12.1 Å². The lowest BCUT2D eigenvalue weighted by Crippen LogP contribution is -1.97. The standard InChI is InChI=1S/C11H11ClO3/c12-8-4-7(10-6-15-10)5-9-11(8)14-3-1-2-13-9/h4-5,10H,1-3,6H2/t10-/m0/s1. The summed E-state index contributed by atoms with van der Waals surface area (Å²) in [4.78, 5) is 0. The van der Waals surface area contributed by atoms with Gasteiger partial charge in [-0.1, -0.05) is 11.6 Å². The lowest BCUT2D eigenvalue weighted by Gasteiger charge is -2.10. The topological polar surface area (TPSA) is 31.0 Å². The maximum atomic E-state index is 6.13. The molecule has 2 heterocycles. The van der Waals surface area contributed by atoms with Crippen molar-refractivity contribution in [2.75, 3.05) is 19.8 Å². The number of rotatable bonds is 1. The van der Waals surface area contributed by atoms with E-state index in [-0.39, 0.29) is 6.10 Å². The van der Waals surface area contributed by atoms with E-state index < -0.39 is 0 Å². The SMILES string of the molecule is Clc1cc([C@@H]2CO2)cc2c1OCCCO2. The zero-order valence-electron chi connectivity index (χ0n) is 8.16. The summed E-state index contributed by atoms with van der Waals surface area (Å²) in [7, 11) is 0. The fourth-order valence-corrected chi connectivity index (χ4v) is 1.95. The second-order valence-electron chi connectivity index (χ2n) is 3.70. The van der Waals surface area contributed by atoms with E-state index in [9.17, 15) is 0 Å². The molecule has 2 aliphatic rings. The Kier molecular flexibility index (Phi) is 2.22. The summed E-state index contributed by atoms with van der Waals surface area (Å²) in [5.41, 5.74) is 1.07. The van der Waals surface area contributed by atoms with Crippen LogP contribution in [-0.2, 0) is 4.74 Å². The lowest BCUT2D eigenvalue weighted by atomic mass is 10.1. The van der Waals surface area contributed by atoms with Crippen LogP contribution in [0.1, 0.15) is 18.1 Å². The molecule has 0 unspecified atom stereocenters. The molecule has 1 fully saturated rings. The van der Waals surface area contributed by atoms with E-state index >= 15 is 0 Å². The number of benzene rings is 1. The minimum Gasteiger partial charge on any atom is -0.489 e. The summed E-state index contributed by atoms with van der Waals surface area (Å²) in [6.07, 6.45) is 1.08. The Labute approximate surface area is 92.9 Å². The van der Waals surface area contributed by atoms with E-state index in [0.717, 1.165) is 24.3 Å². The number of fused-ring (bicyclic) bond motifs is 1. The van der Waals surface area contributed by atoms with Gasteiger partial charge < -0.3 is 14.2 Å². The first kappa shape index (κ1) is 9.31. The van der Waals surface area contributed by atoms with Crippen LogP contribution in [0.3, 0.4) is 0 Å². The van der Waals surface area contributed by atoms with Gasteiger partial charge in [-0.15, -0.1) is 0 Å². The Bertz CT molecular complexity index is 388. The second-order valence-corrected chi connectivity index (χ2v) is 4.11. The van der Waals surface area contributed by atoms with Gasteiger partial charge >= 0.3 is 0 Å². The highest BCUT2D eigenvalue weighted by Gasteiger charge is 2.27. The Morgan fingerprint density at radius 3 is 2.80 bits per heavy atom. The van der Waals surface area contributed by atoms with Crippen molar-refractivity contribution in [3.8, 4) is 11.5 Å². The highest BCUT2D eigenvalue weighted by molar-refractivity contribution is 6.32. The molecule has 0 spiro atoms. The van der Waals surface area contributed by atoms with Crippen LogP contribution in [0.5, 0.6) is 11.5 Å². The summed E-state index contributed by atoms with van der Waals surface area (Å²) >= 11 is 6.13. The molecule has 2 aliphatic heterocycles. The van der Waals surface area contributed by atoms with E-state index in [1.54, 1.807) is 0 Å². The van der Waals surface area contributed by atoms with Crippen LogP contribution in [0.2, 0.25) is 5.02 Å². The van der Waals surface area contributed by atoms with Crippen LogP contribution in [0, 0.1) is 0 Å². The zero-order valence-corrected chi connectivity index (χ0v) is 8.92. The van der Waals surface area contributed by atoms with Crippen LogP contribution in [-0.4, -0.2) is 19.8 Å². The number of ether oxygens (including phenoxy) is 3. The monoisotopic (exact) mass is 226 g/mol. The molecular formula is C11H11ClO3. The van der Waals surface area contributed by atoms with Gasteiger partial charge in [-0.3, -0.25) is 0 Å². The molecule has 3 nitrogen and oxygen atoms in total. The molecule has 1 aromatic rings. The first-order valence-corrected chi connectivity index (χ1v) is 5.43. The van der Waals surface area contributed by atoms with Gasteiger partial charge in [0.1, 0.15) is 6.10 Å². The Balaban J connectivity index is 2.03. The Hall–Kier alpha value is -0.930. The predicted octanol–water partition coefficient (Wildman–Crippen LogP) is 2.57. The summed E-state index contributed by atoms with van der Waals surface area (Å²) in [5.74, 6) is 1.41. The molecule has 1 atom stereocenters. The first-order valence-electron chi connectivity index (χ1n) is 5.05. The van der Waals surface area contributed by atoms with Crippen molar-refractivity contribution in [3.05, 3.63) is 22.7 Å². The first-order chi connectivity index (χ1) is 7.34. The third kappa shape index (κ3) is 1.77. The summed E-state index contributed by atoms with van der Waals surface area (Å²) < 4.78 is 16.3. The average molecular weight is 227 g/mol. The summed E-state index contributed by atoms with van der Waals surface area (Å²) in [6.45, 7) is 2.11. The minimum absolute atomic E-state index is 0.194. The van der Waals surface area contributed by atoms with E-state index in [1.807, 2.05) is 12.1 Å². The van der Waals surface area contributed by atoms with Crippen molar-refractivity contribution >= 4 is 11.6 Å². The molecule has 0 saturated carbocycles. The number of hydrogen-bond donors (Lipinski definition) is 0. The zero-order chi connectivity index (χ0) is 10.3. The molecule has 1 aromatic carbocycles. The second kappa shape index (κ2) is 3.58. The molecule has 0 aromatic heterocycles. The van der Waals surface area contributed by atoms with Gasteiger partial charge in [0, 0.05) is 6.42 Å². The lowest BCUT2D eigenvalue weighted by molar-refractivity contribution is 0.297. The number of hydrogen-bond acceptors (Lipinski definition) is 3. The van der Waals surface area contributed by atoms with Crippen LogP contribution < -0.4 is 9.47 Å². The van der Waals surface area contributed by atoms with Crippen molar-refractivity contribution in [2.24, 2.45) is 0 Å². The van der Waals surface area contributed by atoms with Gasteiger partial charge in [-0.2, -0.15) is 0 Å². The molecule has 15 heavy (non-hydrogen) atoms. The highest BCUT2D eigenvalue weighted by Crippen LogP contribution is 2.42. The smallest absolute Gasteiger partial charge is 0.179 e. The maximum absolute atomic E-state index is 6.13. The van der Waals surface area contributed by atoms with E-state index in [2.05, 4.69) is 0 Å². The maximum Gasteiger partial charge on any atom is 0.179 e. The van der Waals surface area contributed by atoms with Gasteiger partial charge in [0.25, 0.3) is 0 Å². The van der Waals surface area contributed by atoms with E-state index in [1.165, 1.54) is 0 Å². The van der Waals surface area contributed by atoms with Crippen molar-refractivity contribution in [2.45, 2.75) is 12.5 Å². The predicted molar refractivity (Wildman–Crippen MR) is 55.8 cm³/mol. The molecule has 0 N–H and O–H groups in total. The summed E-state index contributed by atoms with van der Waals surface area (Å²) in [5, 5.41) is 0.611. The van der Waals surface area contributed by atoms with Gasteiger partial charge in [0.05, 0.1) is 24.8 Å². The summed E-state index contributed by atoms with van der Waals surface area (Å²) in [6, 6.07) is 3.86. The van der Waals surface area contributed by atoms with Crippen molar-refractivity contribution < 1.29 is 14.2 Å². The molecule has 0 amide bonds. The Morgan fingerprint density at radius 2 is 2.00 bits per heavy atom. The molecule has 3 rings (SSSR count). The molecule has 1 saturated heterocycles. The molecule has 0 bridgehead atoms. The quantitative estimate of drug-likeness (QED) is 0.690. The van der Waals surface area contributed by atoms with Crippen LogP contribution in [0.4, 0.5) is 0 Å². The third-order valence-electron chi connectivity index (χ3n) is 2.53. The van der Waals surface area contributed by atoms with Crippen LogP contribution >= 0.6 is 11.6 Å². The number of epoxide rings is 1. The van der Waals surface area contributed by atoms with Gasteiger partial charge in [0.2, 0.25) is 0 Å². The van der Waals surface area contributed by atoms with Gasteiger partial charge in [-0.25, -0.2) is 0 Å². The molecule has 0 radical (unpaired) electrons. The van der Waals surface area contributed by atoms with Gasteiger partial charge in [0.15, 0.2) is 11.5 Å². The number of halogens is 1. The fourth-order valence-electron chi connectivity index (χ4n) is 1.68. The highest BCUT2D eigenvalue weighted by atomic mass is 35.5. The van der Waals surface area contributed by atoms with Gasteiger partial charge in [-0.05, 0) is 17.7 Å². The molecule has 4 heteroatoms. The molecular weight excluding hydrogens is 216 g/mol. The van der Waals surface area contributed by atoms with Crippen molar-refractivity contribution in [3.63, 3.8) is 0 Å². The van der Waals surface area contributed by atoms with Crippen molar-refractivity contribution in [1.29, 1.82) is 0 Å². The molecule has 0 aliphatic carbocycles. The Morgan fingerprint density at radius 1 is 1.20 bits per heavy atom. The van der Waals surface area contributed by atoms with E-state index in [0.29, 0.717) is 24.0 Å². The van der Waals surface area contributed by atoms with Crippen molar-refractivity contribution in [1.82, 2.24) is 0 Å². The largest absolute Gasteiger partial charge is 0.489 e. The third-order valence-corrected chi connectivity index (χ3v) is 2.81. The normalized spacial score (nSPS) is 23.4. The van der Waals surface area contributed by atoms with Crippen LogP contribution in [0.25, 0.3) is 0 Å². The van der Waals surface area contributed by atoms with E-state index in [4.69, 9.17) is 25.8 Å². The fraction of sp³-hybridized carbons (Fsp3) is 0.455. The molecule has 80 valence electrons. The minimum atomic E-state index is 0.194. The average Bonchev–Trinajstić information content (AvgIpc) is 3.04.